The summed E-state index contributed by atoms with van der Waals surface area (Å²) < 4.78 is 25.4. The Morgan fingerprint density at radius 1 is 1.10 bits per heavy atom. The molecule has 4 rings (SSSR count). The van der Waals surface area contributed by atoms with Crippen LogP contribution >= 0.6 is 0 Å². The number of carboxylic acid groups (broad SMARTS) is 1. The number of benzene rings is 1. The van der Waals surface area contributed by atoms with Gasteiger partial charge in [0.05, 0.1) is 17.8 Å². The van der Waals surface area contributed by atoms with Gasteiger partial charge in [-0.3, -0.25) is 14.9 Å². The van der Waals surface area contributed by atoms with Crippen molar-refractivity contribution in [2.24, 2.45) is 0 Å². The molecule has 11 heteroatoms. The van der Waals surface area contributed by atoms with Crippen molar-refractivity contribution in [1.29, 1.82) is 0 Å². The van der Waals surface area contributed by atoms with Crippen LogP contribution in [-0.4, -0.2) is 49.0 Å². The zero-order valence-electron chi connectivity index (χ0n) is 21.6. The lowest BCUT2D eigenvalue weighted by atomic mass is 10.1. The van der Waals surface area contributed by atoms with Crippen molar-refractivity contribution in [2.45, 2.75) is 45.3 Å². The van der Waals surface area contributed by atoms with Gasteiger partial charge in [0.15, 0.2) is 5.82 Å². The maximum atomic E-state index is 14.6. The number of nitrogens with one attached hydrogen (secondary N) is 2. The maximum Gasteiger partial charge on any atom is 0.407 e. The second-order valence-corrected chi connectivity index (χ2v) is 9.77. The van der Waals surface area contributed by atoms with Crippen molar-refractivity contribution in [1.82, 2.24) is 25.5 Å². The Bertz CT molecular complexity index is 1440. The molecule has 4 aromatic rings. The van der Waals surface area contributed by atoms with Gasteiger partial charge < -0.3 is 19.9 Å². The summed E-state index contributed by atoms with van der Waals surface area (Å²) in [6.45, 7) is 5.18. The van der Waals surface area contributed by atoms with Gasteiger partial charge >= 0.3 is 12.1 Å². The summed E-state index contributed by atoms with van der Waals surface area (Å²) in [6, 6.07) is 14.6. The van der Waals surface area contributed by atoms with Crippen LogP contribution in [0.3, 0.4) is 0 Å². The molecule has 1 atom stereocenters. The Hall–Kier alpha value is -4.80. The topological polar surface area (TPSA) is 139 Å². The Morgan fingerprint density at radius 2 is 1.87 bits per heavy atom. The summed E-state index contributed by atoms with van der Waals surface area (Å²) in [5.41, 5.74) is 2.48. The van der Waals surface area contributed by atoms with Gasteiger partial charge in [-0.05, 0) is 69.3 Å². The van der Waals surface area contributed by atoms with Gasteiger partial charge in [-0.25, -0.2) is 14.2 Å². The lowest BCUT2D eigenvalue weighted by Gasteiger charge is -2.23. The zero-order chi connectivity index (χ0) is 28.0. The van der Waals surface area contributed by atoms with Crippen molar-refractivity contribution >= 4 is 12.1 Å². The Balaban J connectivity index is 1.44. The fourth-order valence-corrected chi connectivity index (χ4v) is 3.74. The molecule has 0 bridgehead atoms. The van der Waals surface area contributed by atoms with Gasteiger partial charge in [0.25, 0.3) is 5.88 Å². The number of pyridine rings is 2. The highest BCUT2D eigenvalue weighted by Crippen LogP contribution is 2.28. The maximum absolute atomic E-state index is 14.6. The molecule has 10 nitrogen and oxygen atoms in total. The van der Waals surface area contributed by atoms with E-state index in [1.807, 2.05) is 6.07 Å². The van der Waals surface area contributed by atoms with Crippen molar-refractivity contribution in [3.05, 3.63) is 78.5 Å². The third kappa shape index (κ3) is 7.84. The van der Waals surface area contributed by atoms with Crippen LogP contribution in [0.5, 0.6) is 11.6 Å². The Morgan fingerprint density at radius 3 is 2.51 bits per heavy atom. The first-order chi connectivity index (χ1) is 18.6. The number of ether oxygens (including phenoxy) is 2. The summed E-state index contributed by atoms with van der Waals surface area (Å²) >= 11 is 0. The highest BCUT2D eigenvalue weighted by molar-refractivity contribution is 5.71. The molecule has 0 radical (unpaired) electrons. The molecule has 0 spiro atoms. The molecule has 3 aromatic heterocycles. The van der Waals surface area contributed by atoms with Crippen molar-refractivity contribution in [3.63, 3.8) is 0 Å². The number of aromatic amines is 1. The Kier molecular flexibility index (Phi) is 8.18. The zero-order valence-corrected chi connectivity index (χ0v) is 21.6. The molecule has 0 aliphatic heterocycles. The molecule has 1 aromatic carbocycles. The van der Waals surface area contributed by atoms with Gasteiger partial charge in [-0.2, -0.15) is 5.10 Å². The number of hydrogen-bond donors (Lipinski definition) is 3. The largest absolute Gasteiger partial charge is 0.481 e. The van der Waals surface area contributed by atoms with E-state index in [9.17, 15) is 19.1 Å². The highest BCUT2D eigenvalue weighted by atomic mass is 19.1. The van der Waals surface area contributed by atoms with Crippen LogP contribution in [0.1, 0.15) is 32.9 Å². The van der Waals surface area contributed by atoms with Crippen LogP contribution < -0.4 is 10.1 Å². The molecule has 39 heavy (non-hydrogen) atoms. The van der Waals surface area contributed by atoms with E-state index in [0.29, 0.717) is 28.4 Å². The molecule has 0 saturated carbocycles. The summed E-state index contributed by atoms with van der Waals surface area (Å²) in [4.78, 5) is 32.2. The van der Waals surface area contributed by atoms with Gasteiger partial charge in [-0.15, -0.1) is 0 Å². The molecule has 0 aliphatic carbocycles. The average Bonchev–Trinajstić information content (AvgIpc) is 3.39. The lowest BCUT2D eigenvalue weighted by molar-refractivity contribution is -0.137. The predicted molar refractivity (Wildman–Crippen MR) is 141 cm³/mol. The standard InChI is InChI=1S/C28H28FN5O5/c1-28(2,3)39-27(37)33-20(15-25(35)36)14-19-5-4-6-23(32-19)17-7-9-21(10-8-17)38-26-22(29)13-18(16-30-26)24-11-12-31-34-24/h4-13,16,20H,14-15H2,1-3H3,(H,31,34)(H,33,37)(H,35,36). The van der Waals surface area contributed by atoms with Gasteiger partial charge in [-0.1, -0.05) is 6.07 Å². The summed E-state index contributed by atoms with van der Waals surface area (Å²) in [5, 5.41) is 18.5. The van der Waals surface area contributed by atoms with E-state index in [0.717, 1.165) is 5.56 Å². The quantitative estimate of drug-likeness (QED) is 0.261. The minimum absolute atomic E-state index is 0.159. The first-order valence-electron chi connectivity index (χ1n) is 12.2. The minimum Gasteiger partial charge on any atom is -0.481 e. The summed E-state index contributed by atoms with van der Waals surface area (Å²) in [7, 11) is 0. The number of aromatic nitrogens is 4. The number of alkyl carbamates (subject to hydrolysis) is 1. The van der Waals surface area contributed by atoms with E-state index in [4.69, 9.17) is 9.47 Å². The Labute approximate surface area is 224 Å². The monoisotopic (exact) mass is 533 g/mol. The summed E-state index contributed by atoms with van der Waals surface area (Å²) in [6.07, 6.45) is 2.27. The normalized spacial score (nSPS) is 12.0. The number of rotatable bonds is 9. The number of aliphatic carboxylic acids is 1. The third-order valence-electron chi connectivity index (χ3n) is 5.39. The van der Waals surface area contributed by atoms with Crippen molar-refractivity contribution in [3.8, 4) is 34.1 Å². The van der Waals surface area contributed by atoms with Crippen LogP contribution in [0.25, 0.3) is 22.5 Å². The van der Waals surface area contributed by atoms with Crippen LogP contribution in [0.15, 0.2) is 67.0 Å². The molecule has 3 N–H and O–H groups in total. The molecule has 1 unspecified atom stereocenters. The predicted octanol–water partition coefficient (Wildman–Crippen LogP) is 5.38. The van der Waals surface area contributed by atoms with Gasteiger partial charge in [0, 0.05) is 41.7 Å². The van der Waals surface area contributed by atoms with Gasteiger partial charge in [0.1, 0.15) is 11.4 Å². The van der Waals surface area contributed by atoms with E-state index in [1.54, 1.807) is 69.4 Å². The smallest absolute Gasteiger partial charge is 0.407 e. The van der Waals surface area contributed by atoms with Crippen LogP contribution in [-0.2, 0) is 16.0 Å². The second kappa shape index (κ2) is 11.7. The number of halogens is 1. The van der Waals surface area contributed by atoms with Crippen LogP contribution in [0, 0.1) is 5.82 Å². The molecule has 0 aliphatic rings. The molecule has 3 heterocycles. The third-order valence-corrected chi connectivity index (χ3v) is 5.39. The number of H-pyrrole nitrogens is 1. The summed E-state index contributed by atoms with van der Waals surface area (Å²) in [5.74, 6) is -1.44. The highest BCUT2D eigenvalue weighted by Gasteiger charge is 2.22. The fraction of sp³-hybridized carbons (Fsp3) is 0.250. The molecule has 0 fully saturated rings. The average molecular weight is 534 g/mol. The van der Waals surface area contributed by atoms with Crippen molar-refractivity contribution < 1.29 is 28.6 Å². The second-order valence-electron chi connectivity index (χ2n) is 9.77. The SMILES string of the molecule is CC(C)(C)OC(=O)NC(CC(=O)O)Cc1cccc(-c2ccc(Oc3ncc(-c4ccn[nH]4)cc3F)cc2)n1. The molecule has 0 saturated heterocycles. The number of carboxylic acids is 1. The fourth-order valence-electron chi connectivity index (χ4n) is 3.74. The number of hydrogen-bond acceptors (Lipinski definition) is 7. The van der Waals surface area contributed by atoms with E-state index in [2.05, 4.69) is 25.5 Å². The lowest BCUT2D eigenvalue weighted by Crippen LogP contribution is -2.41. The number of amides is 1. The van der Waals surface area contributed by atoms with E-state index >= 15 is 0 Å². The number of nitrogens with zero attached hydrogens (tertiary/aromatic N) is 3. The first kappa shape index (κ1) is 27.2. The molecular weight excluding hydrogens is 505 g/mol. The first-order valence-corrected chi connectivity index (χ1v) is 12.2. The number of carbonyl (C=O) groups excluding carboxylic acids is 1. The van der Waals surface area contributed by atoms with Crippen molar-refractivity contribution in [2.75, 3.05) is 0 Å². The van der Waals surface area contributed by atoms with E-state index in [-0.39, 0.29) is 18.7 Å². The molecular formula is C28H28FN5O5. The minimum atomic E-state index is -1.05. The molecule has 202 valence electrons. The van der Waals surface area contributed by atoms with Gasteiger partial charge in [0.2, 0.25) is 0 Å². The van der Waals surface area contributed by atoms with Crippen LogP contribution in [0.2, 0.25) is 0 Å². The van der Waals surface area contributed by atoms with E-state index < -0.39 is 29.5 Å². The van der Waals surface area contributed by atoms with E-state index in [1.165, 1.54) is 12.3 Å². The van der Waals surface area contributed by atoms with Crippen LogP contribution in [0.4, 0.5) is 9.18 Å². The molecule has 1 amide bonds. The number of carbonyl (C=O) groups is 2.